The van der Waals surface area contributed by atoms with Crippen LogP contribution in [0.1, 0.15) is 0 Å². The molecule has 0 amide bonds. The number of H-pyrrole nitrogens is 2. The van der Waals surface area contributed by atoms with Crippen LogP contribution in [-0.2, 0) is 0 Å². The number of hydrogen-bond acceptors (Lipinski definition) is 0. The number of benzene rings is 4. The van der Waals surface area contributed by atoms with Crippen molar-refractivity contribution in [3.05, 3.63) is 81.7 Å². The van der Waals surface area contributed by atoms with Crippen molar-refractivity contribution in [2.24, 2.45) is 0 Å². The Labute approximate surface area is 177 Å². The molecule has 6 rings (SSSR count). The van der Waals surface area contributed by atoms with Gasteiger partial charge in [-0.2, -0.15) is 0 Å². The fourth-order valence-corrected chi connectivity index (χ4v) is 4.82. The molecule has 2 N–H and O–H groups in total. The molecule has 2 heterocycles. The Morgan fingerprint density at radius 1 is 0.429 bits per heavy atom. The maximum Gasteiger partial charge on any atom is 0.0465 e. The van der Waals surface area contributed by atoms with Gasteiger partial charge in [0.2, 0.25) is 0 Å². The standard InChI is InChI=1S/C24H14Br2N2/c25-15-3-7-23-19(11-15)17-9-13(1-5-21(17)27-23)14-2-6-22-18(10-14)20-12-16(26)4-8-24(20)28-22/h1-12,27-28H. The molecule has 0 radical (unpaired) electrons. The van der Waals surface area contributed by atoms with Crippen molar-refractivity contribution in [2.75, 3.05) is 0 Å². The van der Waals surface area contributed by atoms with Crippen molar-refractivity contribution >= 4 is 75.5 Å². The molecule has 0 atom stereocenters. The Balaban J connectivity index is 1.60. The molecule has 4 aromatic carbocycles. The first-order valence-corrected chi connectivity index (χ1v) is 10.7. The van der Waals surface area contributed by atoms with Crippen LogP contribution in [0.2, 0.25) is 0 Å². The Hall–Kier alpha value is -2.56. The molecular weight excluding hydrogens is 476 g/mol. The van der Waals surface area contributed by atoms with Crippen molar-refractivity contribution in [3.8, 4) is 11.1 Å². The van der Waals surface area contributed by atoms with Gasteiger partial charge in [0, 0.05) is 52.6 Å². The summed E-state index contributed by atoms with van der Waals surface area (Å²) in [6, 6.07) is 26.0. The minimum absolute atomic E-state index is 1.09. The van der Waals surface area contributed by atoms with Crippen LogP contribution in [0, 0.1) is 0 Å². The van der Waals surface area contributed by atoms with Crippen molar-refractivity contribution in [3.63, 3.8) is 0 Å². The van der Waals surface area contributed by atoms with E-state index in [1.165, 1.54) is 32.7 Å². The van der Waals surface area contributed by atoms with E-state index in [1.54, 1.807) is 0 Å². The zero-order valence-corrected chi connectivity index (χ0v) is 17.9. The summed E-state index contributed by atoms with van der Waals surface area (Å²) >= 11 is 7.19. The highest BCUT2D eigenvalue weighted by Crippen LogP contribution is 2.34. The molecule has 0 aliphatic heterocycles. The zero-order chi connectivity index (χ0) is 18.8. The number of rotatable bonds is 1. The molecule has 4 heteroatoms. The number of aromatic nitrogens is 2. The Bertz CT molecular complexity index is 1420. The first-order valence-electron chi connectivity index (χ1n) is 9.08. The van der Waals surface area contributed by atoms with E-state index >= 15 is 0 Å². The first-order chi connectivity index (χ1) is 13.7. The van der Waals surface area contributed by atoms with E-state index in [0.29, 0.717) is 0 Å². The molecule has 0 unspecified atom stereocenters. The number of halogens is 2. The molecule has 0 saturated carbocycles. The van der Waals surface area contributed by atoms with Gasteiger partial charge < -0.3 is 9.97 Å². The van der Waals surface area contributed by atoms with Gasteiger partial charge in [-0.15, -0.1) is 0 Å². The Kier molecular flexibility index (Phi) is 3.49. The molecule has 134 valence electrons. The van der Waals surface area contributed by atoms with E-state index < -0.39 is 0 Å². The van der Waals surface area contributed by atoms with Crippen molar-refractivity contribution in [2.45, 2.75) is 0 Å². The van der Waals surface area contributed by atoms with E-state index in [2.05, 4.69) is 115 Å². The largest absolute Gasteiger partial charge is 0.355 e. The van der Waals surface area contributed by atoms with Gasteiger partial charge in [-0.3, -0.25) is 0 Å². The van der Waals surface area contributed by atoms with Crippen molar-refractivity contribution in [1.82, 2.24) is 9.97 Å². The fourth-order valence-electron chi connectivity index (χ4n) is 4.10. The predicted molar refractivity (Wildman–Crippen MR) is 126 cm³/mol. The van der Waals surface area contributed by atoms with E-state index in [1.807, 2.05) is 0 Å². The minimum Gasteiger partial charge on any atom is -0.355 e. The molecule has 0 aliphatic carbocycles. The predicted octanol–water partition coefficient (Wildman–Crippen LogP) is 8.15. The summed E-state index contributed by atoms with van der Waals surface area (Å²) in [5.74, 6) is 0. The summed E-state index contributed by atoms with van der Waals surface area (Å²) in [6.45, 7) is 0. The van der Waals surface area contributed by atoms with E-state index in [0.717, 1.165) is 31.0 Å². The van der Waals surface area contributed by atoms with E-state index in [4.69, 9.17) is 0 Å². The molecule has 0 fully saturated rings. The summed E-state index contributed by atoms with van der Waals surface area (Å²) in [6.07, 6.45) is 0. The zero-order valence-electron chi connectivity index (χ0n) is 14.7. The lowest BCUT2D eigenvalue weighted by Crippen LogP contribution is -1.79. The third-order valence-electron chi connectivity index (χ3n) is 5.45. The molecule has 2 aromatic heterocycles. The van der Waals surface area contributed by atoms with Crippen LogP contribution in [-0.4, -0.2) is 9.97 Å². The van der Waals surface area contributed by atoms with Crippen LogP contribution in [0.15, 0.2) is 81.7 Å². The number of fused-ring (bicyclic) bond motifs is 6. The van der Waals surface area contributed by atoms with E-state index in [9.17, 15) is 0 Å². The van der Waals surface area contributed by atoms with Crippen LogP contribution in [0.25, 0.3) is 54.7 Å². The summed E-state index contributed by atoms with van der Waals surface area (Å²) in [4.78, 5) is 7.02. The summed E-state index contributed by atoms with van der Waals surface area (Å²) < 4.78 is 2.19. The second kappa shape index (κ2) is 5.97. The monoisotopic (exact) mass is 488 g/mol. The van der Waals surface area contributed by atoms with Crippen LogP contribution in [0.4, 0.5) is 0 Å². The maximum atomic E-state index is 3.60. The second-order valence-electron chi connectivity index (χ2n) is 7.15. The molecule has 2 nitrogen and oxygen atoms in total. The highest BCUT2D eigenvalue weighted by atomic mass is 79.9. The van der Waals surface area contributed by atoms with Gasteiger partial charge in [-0.1, -0.05) is 44.0 Å². The lowest BCUT2D eigenvalue weighted by Gasteiger charge is -2.04. The van der Waals surface area contributed by atoms with Crippen molar-refractivity contribution in [1.29, 1.82) is 0 Å². The van der Waals surface area contributed by atoms with Gasteiger partial charge in [0.25, 0.3) is 0 Å². The molecule has 28 heavy (non-hydrogen) atoms. The van der Waals surface area contributed by atoms with Gasteiger partial charge in [-0.05, 0) is 71.8 Å². The topological polar surface area (TPSA) is 31.6 Å². The van der Waals surface area contributed by atoms with Crippen molar-refractivity contribution < 1.29 is 0 Å². The summed E-state index contributed by atoms with van der Waals surface area (Å²) in [5, 5.41) is 4.97. The highest BCUT2D eigenvalue weighted by Gasteiger charge is 2.09. The Morgan fingerprint density at radius 2 is 0.786 bits per heavy atom. The van der Waals surface area contributed by atoms with Gasteiger partial charge in [0.05, 0.1) is 0 Å². The summed E-state index contributed by atoms with van der Waals surface area (Å²) in [5.41, 5.74) is 7.08. The average Bonchev–Trinajstić information content (AvgIpc) is 3.24. The lowest BCUT2D eigenvalue weighted by molar-refractivity contribution is 1.53. The lowest BCUT2D eigenvalue weighted by atomic mass is 10.0. The SMILES string of the molecule is Brc1ccc2[nH]c3ccc(-c4ccc5[nH]c6ccc(Br)cc6c5c4)cc3c2c1. The van der Waals surface area contributed by atoms with Gasteiger partial charge in [0.1, 0.15) is 0 Å². The van der Waals surface area contributed by atoms with Gasteiger partial charge in [-0.25, -0.2) is 0 Å². The van der Waals surface area contributed by atoms with Crippen LogP contribution < -0.4 is 0 Å². The van der Waals surface area contributed by atoms with Crippen LogP contribution in [0.3, 0.4) is 0 Å². The number of aromatic amines is 2. The smallest absolute Gasteiger partial charge is 0.0465 e. The first kappa shape index (κ1) is 16.4. The average molecular weight is 490 g/mol. The molecule has 0 bridgehead atoms. The molecule has 0 saturated heterocycles. The quantitative estimate of drug-likeness (QED) is 0.233. The Morgan fingerprint density at radius 3 is 1.21 bits per heavy atom. The normalized spacial score (nSPS) is 11.9. The second-order valence-corrected chi connectivity index (χ2v) is 8.98. The third kappa shape index (κ3) is 2.45. The van der Waals surface area contributed by atoms with Gasteiger partial charge >= 0.3 is 0 Å². The van der Waals surface area contributed by atoms with Crippen LogP contribution in [0.5, 0.6) is 0 Å². The fraction of sp³-hybridized carbons (Fsp3) is 0. The molecule has 6 aromatic rings. The summed E-state index contributed by atoms with van der Waals surface area (Å²) in [7, 11) is 0. The number of hydrogen-bond donors (Lipinski definition) is 2. The molecule has 0 spiro atoms. The minimum atomic E-state index is 1.09. The third-order valence-corrected chi connectivity index (χ3v) is 6.44. The van der Waals surface area contributed by atoms with E-state index in [-0.39, 0.29) is 0 Å². The maximum absolute atomic E-state index is 3.60. The van der Waals surface area contributed by atoms with Gasteiger partial charge in [0.15, 0.2) is 0 Å². The molecule has 0 aliphatic rings. The highest BCUT2D eigenvalue weighted by molar-refractivity contribution is 9.10. The van der Waals surface area contributed by atoms with Crippen LogP contribution >= 0.6 is 31.9 Å². The number of nitrogens with one attached hydrogen (secondary N) is 2. The molecular formula is C24H14Br2N2.